The van der Waals surface area contributed by atoms with E-state index in [0.29, 0.717) is 5.25 Å². The second-order valence-corrected chi connectivity index (χ2v) is 5.85. The van der Waals surface area contributed by atoms with E-state index in [9.17, 15) is 13.9 Å². The van der Waals surface area contributed by atoms with E-state index in [1.807, 2.05) is 11.8 Å². The Morgan fingerprint density at radius 2 is 2.11 bits per heavy atom. The highest BCUT2D eigenvalue weighted by Gasteiger charge is 2.19. The lowest BCUT2D eigenvalue weighted by molar-refractivity contribution is 0.165. The largest absolute Gasteiger partial charge is 0.387 e. The summed E-state index contributed by atoms with van der Waals surface area (Å²) in [5.41, 5.74) is -0.246. The molecule has 2 unspecified atom stereocenters. The summed E-state index contributed by atoms with van der Waals surface area (Å²) in [5.74, 6) is -0.212. The highest BCUT2D eigenvalue weighted by atomic mass is 32.2. The van der Waals surface area contributed by atoms with Gasteiger partial charge in [-0.05, 0) is 30.7 Å². The van der Waals surface area contributed by atoms with Gasteiger partial charge < -0.3 is 10.4 Å². The normalized spacial score (nSPS) is 21.2. The fraction of sp³-hybridized carbons (Fsp3) is 0.538. The van der Waals surface area contributed by atoms with E-state index in [1.54, 1.807) is 0 Å². The van der Waals surface area contributed by atoms with Gasteiger partial charge in [0.25, 0.3) is 0 Å². The highest BCUT2D eigenvalue weighted by molar-refractivity contribution is 8.00. The fourth-order valence-electron chi connectivity index (χ4n) is 2.12. The van der Waals surface area contributed by atoms with Crippen LogP contribution >= 0.6 is 11.8 Å². The number of thioether (sulfide) groups is 1. The summed E-state index contributed by atoms with van der Waals surface area (Å²) in [4.78, 5) is 0. The monoisotopic (exact) mass is 273 g/mol. The van der Waals surface area contributed by atoms with Gasteiger partial charge in [0.15, 0.2) is 0 Å². The lowest BCUT2D eigenvalue weighted by atomic mass is 10.1. The van der Waals surface area contributed by atoms with Crippen LogP contribution in [0.4, 0.5) is 8.78 Å². The van der Waals surface area contributed by atoms with Crippen LogP contribution in [0.5, 0.6) is 0 Å². The zero-order valence-electron chi connectivity index (χ0n) is 10.0. The third-order valence-electron chi connectivity index (χ3n) is 3.07. The highest BCUT2D eigenvalue weighted by Crippen LogP contribution is 2.25. The van der Waals surface area contributed by atoms with Crippen LogP contribution in [0.3, 0.4) is 0 Å². The number of halogens is 2. The summed E-state index contributed by atoms with van der Waals surface area (Å²) >= 11 is 1.90. The number of aliphatic hydroxyl groups excluding tert-OH is 1. The Balaban J connectivity index is 1.85. The molecule has 1 heterocycles. The van der Waals surface area contributed by atoms with Gasteiger partial charge >= 0.3 is 0 Å². The smallest absolute Gasteiger partial charge is 0.131 e. The van der Waals surface area contributed by atoms with Crippen molar-refractivity contribution in [2.24, 2.45) is 0 Å². The van der Waals surface area contributed by atoms with Crippen molar-refractivity contribution in [1.82, 2.24) is 5.32 Å². The summed E-state index contributed by atoms with van der Waals surface area (Å²) in [5, 5.41) is 13.4. The first-order valence-corrected chi connectivity index (χ1v) is 7.17. The predicted octanol–water partition coefficient (Wildman–Crippen LogP) is 2.48. The van der Waals surface area contributed by atoms with Crippen molar-refractivity contribution in [1.29, 1.82) is 0 Å². The van der Waals surface area contributed by atoms with Crippen molar-refractivity contribution in [2.45, 2.75) is 24.2 Å². The molecule has 18 heavy (non-hydrogen) atoms. The van der Waals surface area contributed by atoms with Crippen LogP contribution in [0.25, 0.3) is 0 Å². The molecule has 0 bridgehead atoms. The van der Waals surface area contributed by atoms with E-state index in [0.717, 1.165) is 18.7 Å². The van der Waals surface area contributed by atoms with Gasteiger partial charge in [-0.15, -0.1) is 0 Å². The molecule has 5 heteroatoms. The minimum absolute atomic E-state index is 0.176. The number of rotatable bonds is 5. The van der Waals surface area contributed by atoms with Crippen molar-refractivity contribution in [3.05, 3.63) is 35.4 Å². The Morgan fingerprint density at radius 1 is 1.39 bits per heavy atom. The van der Waals surface area contributed by atoms with Crippen LogP contribution in [0.15, 0.2) is 18.2 Å². The van der Waals surface area contributed by atoms with E-state index in [1.165, 1.54) is 24.7 Å². The van der Waals surface area contributed by atoms with Crippen molar-refractivity contribution >= 4 is 11.8 Å². The lowest BCUT2D eigenvalue weighted by Crippen LogP contribution is -2.28. The van der Waals surface area contributed by atoms with Gasteiger partial charge in [0, 0.05) is 18.3 Å². The first-order chi connectivity index (χ1) is 8.68. The summed E-state index contributed by atoms with van der Waals surface area (Å²) < 4.78 is 26.8. The Bertz CT molecular complexity index is 376. The molecule has 0 aliphatic carbocycles. The molecule has 2 nitrogen and oxygen atoms in total. The molecule has 0 amide bonds. The standard InChI is InChI=1S/C13H17F2NOS/c14-10-4-1-5-11(15)13(10)12(17)8-16-7-9-3-2-6-18-9/h1,4-5,9,12,16-17H,2-3,6-8H2. The molecular formula is C13H17F2NOS. The van der Waals surface area contributed by atoms with Gasteiger partial charge in [0.1, 0.15) is 11.6 Å². The average molecular weight is 273 g/mol. The number of benzene rings is 1. The Labute approximate surface area is 110 Å². The molecule has 0 radical (unpaired) electrons. The number of nitrogens with one attached hydrogen (secondary N) is 1. The van der Waals surface area contributed by atoms with Gasteiger partial charge in [-0.25, -0.2) is 8.78 Å². The van der Waals surface area contributed by atoms with Crippen LogP contribution in [-0.2, 0) is 0 Å². The molecule has 0 saturated carbocycles. The molecule has 1 fully saturated rings. The Kier molecular flexibility index (Phi) is 4.97. The molecule has 2 atom stereocenters. The van der Waals surface area contributed by atoms with E-state index < -0.39 is 17.7 Å². The van der Waals surface area contributed by atoms with Crippen LogP contribution < -0.4 is 5.32 Å². The molecule has 1 aliphatic rings. The topological polar surface area (TPSA) is 32.3 Å². The first-order valence-electron chi connectivity index (χ1n) is 6.13. The van der Waals surface area contributed by atoms with E-state index in [2.05, 4.69) is 5.32 Å². The average Bonchev–Trinajstić information content (AvgIpc) is 2.82. The van der Waals surface area contributed by atoms with Crippen LogP contribution in [0.2, 0.25) is 0 Å². The maximum atomic E-state index is 13.4. The van der Waals surface area contributed by atoms with Crippen LogP contribution in [-0.4, -0.2) is 29.2 Å². The molecule has 2 rings (SSSR count). The first kappa shape index (κ1) is 13.8. The zero-order chi connectivity index (χ0) is 13.0. The minimum Gasteiger partial charge on any atom is -0.387 e. The Hall–Kier alpha value is -0.650. The van der Waals surface area contributed by atoms with Crippen molar-refractivity contribution < 1.29 is 13.9 Å². The number of hydrogen-bond donors (Lipinski definition) is 2. The van der Waals surface area contributed by atoms with Gasteiger partial charge in [0.05, 0.1) is 11.7 Å². The Morgan fingerprint density at radius 3 is 2.72 bits per heavy atom. The number of aliphatic hydroxyl groups is 1. The second-order valence-electron chi connectivity index (χ2n) is 4.44. The van der Waals surface area contributed by atoms with E-state index >= 15 is 0 Å². The van der Waals surface area contributed by atoms with Crippen molar-refractivity contribution in [2.75, 3.05) is 18.8 Å². The van der Waals surface area contributed by atoms with Crippen molar-refractivity contribution in [3.63, 3.8) is 0 Å². The number of hydrogen-bond acceptors (Lipinski definition) is 3. The van der Waals surface area contributed by atoms with Gasteiger partial charge in [-0.2, -0.15) is 11.8 Å². The molecular weight excluding hydrogens is 256 g/mol. The van der Waals surface area contributed by atoms with E-state index in [-0.39, 0.29) is 12.1 Å². The maximum absolute atomic E-state index is 13.4. The molecule has 0 spiro atoms. The molecule has 0 aromatic heterocycles. The predicted molar refractivity (Wildman–Crippen MR) is 69.7 cm³/mol. The fourth-order valence-corrected chi connectivity index (χ4v) is 3.35. The molecule has 100 valence electrons. The van der Waals surface area contributed by atoms with Crippen molar-refractivity contribution in [3.8, 4) is 0 Å². The summed E-state index contributed by atoms with van der Waals surface area (Å²) in [6.07, 6.45) is 1.25. The van der Waals surface area contributed by atoms with Gasteiger partial charge in [-0.1, -0.05) is 6.07 Å². The molecule has 1 aromatic carbocycles. The van der Waals surface area contributed by atoms with Crippen LogP contribution in [0, 0.1) is 11.6 Å². The summed E-state index contributed by atoms with van der Waals surface area (Å²) in [6.45, 7) is 0.951. The quantitative estimate of drug-likeness (QED) is 0.864. The van der Waals surface area contributed by atoms with Gasteiger partial charge in [0.2, 0.25) is 0 Å². The zero-order valence-corrected chi connectivity index (χ0v) is 10.9. The minimum atomic E-state index is -1.14. The maximum Gasteiger partial charge on any atom is 0.131 e. The van der Waals surface area contributed by atoms with E-state index in [4.69, 9.17) is 0 Å². The molecule has 1 aliphatic heterocycles. The third-order valence-corrected chi connectivity index (χ3v) is 4.46. The molecule has 2 N–H and O–H groups in total. The SMILES string of the molecule is OC(CNCC1CCCS1)c1c(F)cccc1F. The third kappa shape index (κ3) is 3.43. The summed E-state index contributed by atoms with van der Waals surface area (Å²) in [7, 11) is 0. The van der Waals surface area contributed by atoms with Gasteiger partial charge in [-0.3, -0.25) is 0 Å². The second kappa shape index (κ2) is 6.50. The summed E-state index contributed by atoms with van der Waals surface area (Å²) in [6, 6.07) is 3.62. The van der Waals surface area contributed by atoms with Crippen LogP contribution in [0.1, 0.15) is 24.5 Å². The molecule has 1 saturated heterocycles. The molecule has 1 aromatic rings. The lowest BCUT2D eigenvalue weighted by Gasteiger charge is -2.15.